The van der Waals surface area contributed by atoms with E-state index in [2.05, 4.69) is 0 Å². The molecule has 1 aromatic carbocycles. The number of non-ortho nitro benzene ring substituents is 1. The summed E-state index contributed by atoms with van der Waals surface area (Å²) in [6.45, 7) is 4.14. The molecule has 2 amide bonds. The zero-order valence-corrected chi connectivity index (χ0v) is 15.2. The fraction of sp³-hybridized carbons (Fsp3) is 0.556. The first kappa shape index (κ1) is 19.1. The van der Waals surface area contributed by atoms with Gasteiger partial charge in [-0.15, -0.1) is 0 Å². The van der Waals surface area contributed by atoms with Crippen molar-refractivity contribution in [3.63, 3.8) is 0 Å². The van der Waals surface area contributed by atoms with E-state index in [9.17, 15) is 19.7 Å². The number of rotatable bonds is 5. The smallest absolute Gasteiger partial charge is 0.269 e. The lowest BCUT2D eigenvalue weighted by Gasteiger charge is -2.36. The molecule has 0 aromatic heterocycles. The maximum Gasteiger partial charge on any atom is 0.269 e. The van der Waals surface area contributed by atoms with Crippen molar-refractivity contribution in [3.05, 3.63) is 34.4 Å². The van der Waals surface area contributed by atoms with E-state index >= 15 is 0 Å². The number of piperazine rings is 1. The number of hydrogen-bond acceptors (Lipinski definition) is 6. The fourth-order valence-electron chi connectivity index (χ4n) is 3.28. The third-order valence-corrected chi connectivity index (χ3v) is 4.82. The molecule has 2 saturated heterocycles. The number of carbonyl (C=O) groups excluding carboxylic acids is 2. The monoisotopic (exact) mass is 377 g/mol. The van der Waals surface area contributed by atoms with E-state index in [0.29, 0.717) is 38.5 Å². The van der Waals surface area contributed by atoms with E-state index in [0.717, 1.165) is 12.8 Å². The number of nitrogens with zero attached hydrogens (tertiary/aromatic N) is 3. The van der Waals surface area contributed by atoms with E-state index in [1.807, 2.05) is 0 Å². The van der Waals surface area contributed by atoms with E-state index in [-0.39, 0.29) is 23.6 Å². The molecule has 0 radical (unpaired) electrons. The summed E-state index contributed by atoms with van der Waals surface area (Å²) in [4.78, 5) is 38.5. The Balaban J connectivity index is 1.49. The second-order valence-corrected chi connectivity index (χ2v) is 6.66. The van der Waals surface area contributed by atoms with Crippen molar-refractivity contribution in [2.75, 3.05) is 32.8 Å². The van der Waals surface area contributed by atoms with Crippen LogP contribution in [-0.2, 0) is 14.3 Å². The van der Waals surface area contributed by atoms with E-state index < -0.39 is 11.0 Å². The minimum atomic E-state index is -0.716. The van der Waals surface area contributed by atoms with Gasteiger partial charge in [-0.2, -0.15) is 0 Å². The average molecular weight is 377 g/mol. The topological polar surface area (TPSA) is 102 Å². The molecule has 146 valence electrons. The molecule has 3 rings (SSSR count). The van der Waals surface area contributed by atoms with Gasteiger partial charge in [-0.05, 0) is 31.9 Å². The maximum atomic E-state index is 12.6. The third-order valence-electron chi connectivity index (χ3n) is 4.82. The molecule has 27 heavy (non-hydrogen) atoms. The lowest BCUT2D eigenvalue weighted by Crippen LogP contribution is -2.54. The molecule has 2 aliphatic rings. The van der Waals surface area contributed by atoms with Crippen LogP contribution in [0.2, 0.25) is 0 Å². The van der Waals surface area contributed by atoms with Crippen molar-refractivity contribution in [2.24, 2.45) is 0 Å². The van der Waals surface area contributed by atoms with Crippen LogP contribution in [0.3, 0.4) is 0 Å². The molecule has 9 nitrogen and oxygen atoms in total. The zero-order chi connectivity index (χ0) is 19.4. The Kier molecular flexibility index (Phi) is 5.90. The third kappa shape index (κ3) is 4.54. The van der Waals surface area contributed by atoms with Crippen molar-refractivity contribution in [2.45, 2.75) is 32.0 Å². The number of ether oxygens (including phenoxy) is 2. The molecule has 2 atom stereocenters. The van der Waals surface area contributed by atoms with Gasteiger partial charge in [-0.1, -0.05) is 0 Å². The van der Waals surface area contributed by atoms with Crippen LogP contribution in [0.5, 0.6) is 5.75 Å². The predicted octanol–water partition coefficient (Wildman–Crippen LogP) is 1.21. The summed E-state index contributed by atoms with van der Waals surface area (Å²) in [5.41, 5.74) is -0.0339. The van der Waals surface area contributed by atoms with Crippen LogP contribution in [0.25, 0.3) is 0 Å². The fourth-order valence-corrected chi connectivity index (χ4v) is 3.28. The molecule has 0 saturated carbocycles. The first-order valence-corrected chi connectivity index (χ1v) is 9.06. The molecule has 1 aromatic rings. The molecule has 9 heteroatoms. The lowest BCUT2D eigenvalue weighted by atomic mass is 10.2. The van der Waals surface area contributed by atoms with Crippen LogP contribution in [0, 0.1) is 10.1 Å². The summed E-state index contributed by atoms with van der Waals surface area (Å²) in [7, 11) is 0. The summed E-state index contributed by atoms with van der Waals surface area (Å²) >= 11 is 0. The van der Waals surface area contributed by atoms with Gasteiger partial charge in [0.1, 0.15) is 11.9 Å². The normalized spacial score (nSPS) is 21.0. The van der Waals surface area contributed by atoms with E-state index in [4.69, 9.17) is 9.47 Å². The van der Waals surface area contributed by atoms with Crippen LogP contribution in [-0.4, -0.2) is 71.5 Å². The van der Waals surface area contributed by atoms with Gasteiger partial charge >= 0.3 is 0 Å². The SMILES string of the molecule is C[C@H](Oc1ccc([N+](=O)[O-])cc1)C(=O)N1CCN(C(=O)[C@H]2CCCO2)CC1. The van der Waals surface area contributed by atoms with Crippen molar-refractivity contribution in [3.8, 4) is 5.75 Å². The molecule has 0 spiro atoms. The summed E-state index contributed by atoms with van der Waals surface area (Å²) in [6.07, 6.45) is 0.619. The Hall–Kier alpha value is -2.68. The molecular weight excluding hydrogens is 354 g/mol. The second-order valence-electron chi connectivity index (χ2n) is 6.66. The molecule has 0 N–H and O–H groups in total. The van der Waals surface area contributed by atoms with Crippen LogP contribution in [0.15, 0.2) is 24.3 Å². The Morgan fingerprint density at radius 1 is 1.19 bits per heavy atom. The minimum absolute atomic E-state index is 0.00905. The number of hydrogen-bond donors (Lipinski definition) is 0. The number of nitro benzene ring substituents is 1. The maximum absolute atomic E-state index is 12.6. The summed E-state index contributed by atoms with van der Waals surface area (Å²) in [5.74, 6) is 0.237. The van der Waals surface area contributed by atoms with Gasteiger partial charge in [-0.3, -0.25) is 19.7 Å². The van der Waals surface area contributed by atoms with Crippen LogP contribution < -0.4 is 4.74 Å². The second kappa shape index (κ2) is 8.34. The summed E-state index contributed by atoms with van der Waals surface area (Å²) < 4.78 is 11.0. The van der Waals surface area contributed by atoms with Crippen molar-refractivity contribution in [1.82, 2.24) is 9.80 Å². The van der Waals surface area contributed by atoms with Gasteiger partial charge in [0, 0.05) is 44.9 Å². The van der Waals surface area contributed by atoms with E-state index in [1.54, 1.807) is 16.7 Å². The van der Waals surface area contributed by atoms with Gasteiger partial charge in [0.15, 0.2) is 6.10 Å². The van der Waals surface area contributed by atoms with Crippen LogP contribution in [0.1, 0.15) is 19.8 Å². The van der Waals surface area contributed by atoms with Gasteiger partial charge in [0.05, 0.1) is 4.92 Å². The molecule has 2 fully saturated rings. The van der Waals surface area contributed by atoms with Gasteiger partial charge in [-0.25, -0.2) is 0 Å². The minimum Gasteiger partial charge on any atom is -0.481 e. The molecule has 0 aliphatic carbocycles. The zero-order valence-electron chi connectivity index (χ0n) is 15.2. The van der Waals surface area contributed by atoms with Crippen LogP contribution in [0.4, 0.5) is 5.69 Å². The molecule has 0 unspecified atom stereocenters. The van der Waals surface area contributed by atoms with Crippen LogP contribution >= 0.6 is 0 Å². The lowest BCUT2D eigenvalue weighted by molar-refractivity contribution is -0.384. The highest BCUT2D eigenvalue weighted by atomic mass is 16.6. The van der Waals surface area contributed by atoms with Crippen molar-refractivity contribution >= 4 is 17.5 Å². The molecule has 2 heterocycles. The van der Waals surface area contributed by atoms with Crippen molar-refractivity contribution in [1.29, 1.82) is 0 Å². The standard InChI is InChI=1S/C18H23N3O6/c1-13(27-15-6-4-14(5-7-15)21(24)25)17(22)19-8-10-20(11-9-19)18(23)16-3-2-12-26-16/h4-7,13,16H,2-3,8-12H2,1H3/t13-,16+/m0/s1. The highest BCUT2D eigenvalue weighted by Crippen LogP contribution is 2.20. The molecular formula is C18H23N3O6. The quantitative estimate of drug-likeness (QED) is 0.565. The first-order chi connectivity index (χ1) is 13.0. The Morgan fingerprint density at radius 3 is 2.37 bits per heavy atom. The first-order valence-electron chi connectivity index (χ1n) is 9.06. The predicted molar refractivity (Wildman–Crippen MR) is 95.3 cm³/mol. The number of carbonyl (C=O) groups is 2. The van der Waals surface area contributed by atoms with Gasteiger partial charge in [0.25, 0.3) is 17.5 Å². The Labute approximate surface area is 157 Å². The average Bonchev–Trinajstić information content (AvgIpc) is 3.22. The Morgan fingerprint density at radius 2 is 1.81 bits per heavy atom. The van der Waals surface area contributed by atoms with E-state index in [1.165, 1.54) is 24.3 Å². The molecule has 0 bridgehead atoms. The Bertz CT molecular complexity index is 694. The highest BCUT2D eigenvalue weighted by Gasteiger charge is 2.32. The summed E-state index contributed by atoms with van der Waals surface area (Å²) in [5, 5.41) is 10.7. The van der Waals surface area contributed by atoms with Gasteiger partial charge < -0.3 is 19.3 Å². The number of amides is 2. The largest absolute Gasteiger partial charge is 0.481 e. The summed E-state index contributed by atoms with van der Waals surface area (Å²) in [6, 6.07) is 5.62. The molecule has 2 aliphatic heterocycles. The van der Waals surface area contributed by atoms with Gasteiger partial charge in [0.2, 0.25) is 0 Å². The van der Waals surface area contributed by atoms with Crippen molar-refractivity contribution < 1.29 is 24.0 Å². The number of nitro groups is 1. The number of benzene rings is 1. The highest BCUT2D eigenvalue weighted by molar-refractivity contribution is 5.83.